The van der Waals surface area contributed by atoms with Crippen LogP contribution in [0, 0.1) is 50.7 Å². The van der Waals surface area contributed by atoms with E-state index in [0.29, 0.717) is 44.9 Å². The van der Waals surface area contributed by atoms with Gasteiger partial charge in [-0.3, -0.25) is 4.79 Å². The zero-order chi connectivity index (χ0) is 26.9. The molecule has 5 N–H and O–H groups in total. The summed E-state index contributed by atoms with van der Waals surface area (Å²) in [5, 5.41) is 56.3. The minimum absolute atomic E-state index is 0.0160. The molecular weight excluding hydrogens is 456 g/mol. The zero-order valence-electron chi connectivity index (χ0n) is 23.2. The Morgan fingerprint density at radius 3 is 2.22 bits per heavy atom. The number of rotatable bonds is 1. The molecule has 5 rings (SSSR count). The highest BCUT2D eigenvalue weighted by molar-refractivity contribution is 5.77. The summed E-state index contributed by atoms with van der Waals surface area (Å²) in [6, 6.07) is 0. The van der Waals surface area contributed by atoms with Crippen molar-refractivity contribution in [1.82, 2.24) is 0 Å². The molecule has 6 nitrogen and oxygen atoms in total. The topological polar surface area (TPSA) is 118 Å². The van der Waals surface area contributed by atoms with Crippen molar-refractivity contribution in [3.63, 3.8) is 0 Å². The molecule has 0 amide bonds. The van der Waals surface area contributed by atoms with Crippen LogP contribution in [-0.4, -0.2) is 55.4 Å². The Morgan fingerprint density at radius 2 is 1.61 bits per heavy atom. The summed E-state index contributed by atoms with van der Waals surface area (Å²) in [5.41, 5.74) is -2.93. The van der Waals surface area contributed by atoms with E-state index in [9.17, 15) is 30.3 Å². The van der Waals surface area contributed by atoms with Gasteiger partial charge in [0.05, 0.1) is 29.3 Å². The molecule has 204 valence electrons. The molecule has 0 bridgehead atoms. The predicted molar refractivity (Wildman–Crippen MR) is 137 cm³/mol. The Balaban J connectivity index is 1.68. The number of carboxylic acid groups (broad SMARTS) is 1. The van der Waals surface area contributed by atoms with E-state index in [1.165, 1.54) is 0 Å². The Hall–Kier alpha value is -0.950. The Labute approximate surface area is 216 Å². The number of carbonyl (C=O) groups is 1. The maximum Gasteiger partial charge on any atom is 0.310 e. The Bertz CT molecular complexity index is 986. The predicted octanol–water partition coefficient (Wildman–Crippen LogP) is 4.15. The van der Waals surface area contributed by atoms with E-state index in [-0.39, 0.29) is 23.2 Å². The molecule has 0 saturated heterocycles. The first-order chi connectivity index (χ1) is 16.4. The molecule has 6 heteroatoms. The average Bonchev–Trinajstić information content (AvgIpc) is 2.77. The van der Waals surface area contributed by atoms with Crippen LogP contribution in [0.4, 0.5) is 0 Å². The molecule has 12 atom stereocenters. The molecule has 1 unspecified atom stereocenters. The van der Waals surface area contributed by atoms with Gasteiger partial charge in [0.15, 0.2) is 0 Å². The molecule has 0 aliphatic heterocycles. The van der Waals surface area contributed by atoms with Crippen molar-refractivity contribution in [2.24, 2.45) is 50.7 Å². The second-order valence-electron chi connectivity index (χ2n) is 15.0. The fourth-order valence-electron chi connectivity index (χ4n) is 10.9. The van der Waals surface area contributed by atoms with Crippen molar-refractivity contribution in [2.45, 2.75) is 117 Å². The fraction of sp³-hybridized carbons (Fsp3) is 0.900. The number of aliphatic hydroxyl groups excluding tert-OH is 3. The van der Waals surface area contributed by atoms with Crippen LogP contribution in [0.5, 0.6) is 0 Å². The first-order valence-electron chi connectivity index (χ1n) is 14.1. The number of allylic oxidation sites excluding steroid dienone is 1. The highest BCUT2D eigenvalue weighted by Crippen LogP contribution is 2.76. The number of aliphatic hydroxyl groups is 4. The van der Waals surface area contributed by atoms with Crippen molar-refractivity contribution in [2.75, 3.05) is 0 Å². The number of hydrogen-bond acceptors (Lipinski definition) is 5. The summed E-state index contributed by atoms with van der Waals surface area (Å²) in [6.07, 6.45) is 4.08. The second kappa shape index (κ2) is 7.58. The third kappa shape index (κ3) is 2.85. The van der Waals surface area contributed by atoms with E-state index >= 15 is 0 Å². The van der Waals surface area contributed by atoms with E-state index in [1.807, 2.05) is 27.7 Å². The SMILES string of the molecule is C[C@@H]1CC[C@]2(C(=O)O)CC[C@]3(C)C(=CC[C@H]4[C@@]3(C)[C@@H](O)CC3C(C)(C)[C@H](O)[C@H](O)C[C@@]34C)[C@@H]2[C@]1(C)O. The smallest absolute Gasteiger partial charge is 0.310 e. The van der Waals surface area contributed by atoms with Crippen LogP contribution >= 0.6 is 0 Å². The van der Waals surface area contributed by atoms with Gasteiger partial charge in [0.1, 0.15) is 0 Å². The monoisotopic (exact) mass is 504 g/mol. The largest absolute Gasteiger partial charge is 0.481 e. The zero-order valence-corrected chi connectivity index (χ0v) is 23.2. The molecule has 36 heavy (non-hydrogen) atoms. The lowest BCUT2D eigenvalue weighted by molar-refractivity contribution is -0.266. The molecule has 0 spiro atoms. The minimum atomic E-state index is -1.15. The van der Waals surface area contributed by atoms with Crippen molar-refractivity contribution in [3.8, 4) is 0 Å². The van der Waals surface area contributed by atoms with Gasteiger partial charge in [0, 0.05) is 11.3 Å². The number of carboxylic acids is 1. The van der Waals surface area contributed by atoms with Crippen LogP contribution in [-0.2, 0) is 4.79 Å². The lowest BCUT2D eigenvalue weighted by Crippen LogP contribution is -2.71. The normalized spacial score (nSPS) is 58.0. The van der Waals surface area contributed by atoms with E-state index in [2.05, 4.69) is 26.8 Å². The maximum absolute atomic E-state index is 12.8. The van der Waals surface area contributed by atoms with Crippen molar-refractivity contribution >= 4 is 5.97 Å². The molecule has 0 aromatic rings. The van der Waals surface area contributed by atoms with Crippen LogP contribution in [0.15, 0.2) is 11.6 Å². The minimum Gasteiger partial charge on any atom is -0.481 e. The summed E-state index contributed by atoms with van der Waals surface area (Å²) in [6.45, 7) is 14.5. The van der Waals surface area contributed by atoms with Crippen LogP contribution in [0.1, 0.15) is 93.4 Å². The Morgan fingerprint density at radius 1 is 0.972 bits per heavy atom. The van der Waals surface area contributed by atoms with Gasteiger partial charge in [-0.15, -0.1) is 0 Å². The summed E-state index contributed by atoms with van der Waals surface area (Å²) < 4.78 is 0. The van der Waals surface area contributed by atoms with Crippen LogP contribution in [0.2, 0.25) is 0 Å². The quantitative estimate of drug-likeness (QED) is 0.343. The molecule has 4 fully saturated rings. The van der Waals surface area contributed by atoms with Gasteiger partial charge in [0.2, 0.25) is 0 Å². The van der Waals surface area contributed by atoms with Gasteiger partial charge in [0.25, 0.3) is 0 Å². The summed E-state index contributed by atoms with van der Waals surface area (Å²) in [4.78, 5) is 12.8. The van der Waals surface area contributed by atoms with Gasteiger partial charge in [-0.2, -0.15) is 0 Å². The Kier molecular flexibility index (Phi) is 5.61. The first kappa shape index (κ1) is 26.6. The van der Waals surface area contributed by atoms with Crippen LogP contribution in [0.3, 0.4) is 0 Å². The van der Waals surface area contributed by atoms with E-state index in [1.54, 1.807) is 0 Å². The van der Waals surface area contributed by atoms with E-state index in [4.69, 9.17) is 0 Å². The standard InChI is InChI=1S/C30H48O6/c1-16-10-11-30(24(34)35)13-12-27(5)17(22(30)29(16,7)36)8-9-19-26(4)15-18(31)23(33)25(2,3)20(26)14-21(32)28(19,27)6/h8,16,18-23,31-33,36H,9-15H2,1-7H3,(H,34,35)/t16-,18-,19-,20?,21+,22-,23-,26-,27-,28+,29-,30+/m1/s1. The van der Waals surface area contributed by atoms with Crippen LogP contribution < -0.4 is 0 Å². The van der Waals surface area contributed by atoms with E-state index in [0.717, 1.165) is 5.57 Å². The first-order valence-corrected chi connectivity index (χ1v) is 14.1. The molecule has 0 heterocycles. The van der Waals surface area contributed by atoms with Gasteiger partial charge in [-0.25, -0.2) is 0 Å². The number of aliphatic carboxylic acids is 1. The summed E-state index contributed by atoms with van der Waals surface area (Å²) in [7, 11) is 0. The lowest BCUT2D eigenvalue weighted by Gasteiger charge is -2.73. The highest BCUT2D eigenvalue weighted by Gasteiger charge is 2.73. The van der Waals surface area contributed by atoms with Gasteiger partial charge < -0.3 is 25.5 Å². The molecule has 0 radical (unpaired) electrons. The second-order valence-corrected chi connectivity index (χ2v) is 15.0. The fourth-order valence-corrected chi connectivity index (χ4v) is 10.9. The number of hydrogen-bond donors (Lipinski definition) is 5. The summed E-state index contributed by atoms with van der Waals surface area (Å²) in [5.74, 6) is -1.20. The van der Waals surface area contributed by atoms with Crippen LogP contribution in [0.25, 0.3) is 0 Å². The summed E-state index contributed by atoms with van der Waals surface area (Å²) >= 11 is 0. The number of fused-ring (bicyclic) bond motifs is 7. The molecular formula is C30H48O6. The van der Waals surface area contributed by atoms with Crippen molar-refractivity contribution in [3.05, 3.63) is 11.6 Å². The third-order valence-corrected chi connectivity index (χ3v) is 13.5. The molecule has 5 aliphatic rings. The molecule has 0 aromatic heterocycles. The maximum atomic E-state index is 12.8. The van der Waals surface area contributed by atoms with Crippen molar-refractivity contribution < 1.29 is 30.3 Å². The third-order valence-electron chi connectivity index (χ3n) is 13.5. The molecule has 0 aromatic carbocycles. The average molecular weight is 505 g/mol. The molecule has 5 aliphatic carbocycles. The van der Waals surface area contributed by atoms with Gasteiger partial charge >= 0.3 is 5.97 Å². The van der Waals surface area contributed by atoms with Gasteiger partial charge in [-0.05, 0) is 85.9 Å². The lowest BCUT2D eigenvalue weighted by atomic mass is 9.32. The highest BCUT2D eigenvalue weighted by atomic mass is 16.4. The van der Waals surface area contributed by atoms with E-state index < -0.39 is 57.5 Å². The molecule has 4 saturated carbocycles. The van der Waals surface area contributed by atoms with Gasteiger partial charge in [-0.1, -0.05) is 53.2 Å². The van der Waals surface area contributed by atoms with Crippen molar-refractivity contribution in [1.29, 1.82) is 0 Å².